The Hall–Kier alpha value is -4.79. The average Bonchev–Trinajstić information content (AvgIpc) is 3.45. The third-order valence-corrected chi connectivity index (χ3v) is 7.32. The molecule has 0 aliphatic carbocycles. The van der Waals surface area contributed by atoms with Crippen molar-refractivity contribution in [1.82, 2.24) is 9.88 Å². The maximum absolute atomic E-state index is 14.1. The highest BCUT2D eigenvalue weighted by Crippen LogP contribution is 2.46. The van der Waals surface area contributed by atoms with E-state index in [2.05, 4.69) is 4.98 Å². The Morgan fingerprint density at radius 3 is 2.42 bits per heavy atom. The highest BCUT2D eigenvalue weighted by molar-refractivity contribution is 6.22. The van der Waals surface area contributed by atoms with Crippen LogP contribution in [0.4, 0.5) is 10.5 Å². The van der Waals surface area contributed by atoms with Crippen LogP contribution in [-0.2, 0) is 16.0 Å². The SMILES string of the molecule is COC(=O)c1ccc([C@H]2c3[nH]c4ccccc4c3C[C@H]3C(=O)N(c4ccc(OC)cc4OC)C(=O)N23)cc1. The molecule has 0 unspecified atom stereocenters. The molecule has 0 spiro atoms. The fourth-order valence-electron chi connectivity index (χ4n) is 5.53. The van der Waals surface area contributed by atoms with Gasteiger partial charge in [-0.3, -0.25) is 9.69 Å². The lowest BCUT2D eigenvalue weighted by molar-refractivity contribution is -0.120. The van der Waals surface area contributed by atoms with Crippen molar-refractivity contribution in [3.8, 4) is 11.5 Å². The number of carbonyl (C=O) groups excluding carboxylic acids is 3. The van der Waals surface area contributed by atoms with E-state index in [1.54, 1.807) is 47.4 Å². The molecule has 6 rings (SSSR count). The summed E-state index contributed by atoms with van der Waals surface area (Å²) < 4.78 is 15.6. The monoisotopic (exact) mass is 511 g/mol. The number of aromatic amines is 1. The number of urea groups is 1. The number of ether oxygens (including phenoxy) is 3. The molecular weight excluding hydrogens is 486 g/mol. The number of para-hydroxylation sites is 1. The van der Waals surface area contributed by atoms with Crippen LogP contribution in [0.1, 0.15) is 33.2 Å². The summed E-state index contributed by atoms with van der Waals surface area (Å²) in [5, 5.41) is 1.01. The highest BCUT2D eigenvalue weighted by atomic mass is 16.5. The molecular formula is C29H25N3O6. The van der Waals surface area contributed by atoms with Crippen molar-refractivity contribution in [3.63, 3.8) is 0 Å². The average molecular weight is 512 g/mol. The number of carbonyl (C=O) groups is 3. The van der Waals surface area contributed by atoms with Crippen molar-refractivity contribution >= 4 is 34.5 Å². The van der Waals surface area contributed by atoms with E-state index in [1.807, 2.05) is 24.3 Å². The van der Waals surface area contributed by atoms with Gasteiger partial charge in [-0.25, -0.2) is 14.5 Å². The van der Waals surface area contributed by atoms with Gasteiger partial charge in [0.25, 0.3) is 5.91 Å². The van der Waals surface area contributed by atoms with Crippen LogP contribution in [0, 0.1) is 0 Å². The Balaban J connectivity index is 1.50. The largest absolute Gasteiger partial charge is 0.497 e. The number of rotatable bonds is 5. The Bertz CT molecular complexity index is 1590. The smallest absolute Gasteiger partial charge is 0.337 e. The number of hydrogen-bond donors (Lipinski definition) is 1. The minimum atomic E-state index is -0.716. The molecule has 38 heavy (non-hydrogen) atoms. The Labute approximate surface area is 218 Å². The van der Waals surface area contributed by atoms with Crippen LogP contribution in [0.15, 0.2) is 66.7 Å². The Morgan fingerprint density at radius 1 is 0.947 bits per heavy atom. The van der Waals surface area contributed by atoms with Crippen LogP contribution in [0.25, 0.3) is 10.9 Å². The minimum Gasteiger partial charge on any atom is -0.497 e. The summed E-state index contributed by atoms with van der Waals surface area (Å²) in [7, 11) is 4.35. The third kappa shape index (κ3) is 3.42. The van der Waals surface area contributed by atoms with Crippen molar-refractivity contribution in [2.75, 3.05) is 26.2 Å². The predicted octanol–water partition coefficient (Wildman–Crippen LogP) is 4.45. The standard InChI is InChI=1S/C29H25N3O6/c1-36-18-12-13-22(24(14-18)37-2)32-27(33)23-15-20-19-6-4-5-7-21(19)30-25(20)26(31(23)29(32)35)16-8-10-17(11-9-16)28(34)38-3/h4-14,23,26,30H,15H2,1-3H3/t23-,26-/m0/s1. The lowest BCUT2D eigenvalue weighted by atomic mass is 9.88. The molecule has 1 saturated heterocycles. The van der Waals surface area contributed by atoms with Crippen LogP contribution < -0.4 is 14.4 Å². The molecule has 1 aromatic heterocycles. The number of H-pyrrole nitrogens is 1. The van der Waals surface area contributed by atoms with E-state index in [0.717, 1.165) is 27.7 Å². The van der Waals surface area contributed by atoms with Gasteiger partial charge < -0.3 is 19.2 Å². The van der Waals surface area contributed by atoms with E-state index in [-0.39, 0.29) is 5.91 Å². The number of aromatic nitrogens is 1. The quantitative estimate of drug-likeness (QED) is 0.314. The molecule has 2 atom stereocenters. The van der Waals surface area contributed by atoms with Gasteiger partial charge in [-0.1, -0.05) is 30.3 Å². The molecule has 2 aliphatic rings. The van der Waals surface area contributed by atoms with Gasteiger partial charge in [-0.2, -0.15) is 0 Å². The number of esters is 1. The molecule has 9 heteroatoms. The zero-order chi connectivity index (χ0) is 26.6. The zero-order valence-corrected chi connectivity index (χ0v) is 21.1. The van der Waals surface area contributed by atoms with Gasteiger partial charge in [0.2, 0.25) is 0 Å². The number of amides is 3. The first kappa shape index (κ1) is 23.6. The molecule has 3 amide bonds. The molecule has 0 bridgehead atoms. The Kier molecular flexibility index (Phi) is 5.56. The minimum absolute atomic E-state index is 0.328. The summed E-state index contributed by atoms with van der Waals surface area (Å²) in [6.45, 7) is 0. The second-order valence-corrected chi connectivity index (χ2v) is 9.20. The lowest BCUT2D eigenvalue weighted by Crippen LogP contribution is -2.44. The molecule has 3 heterocycles. The molecule has 192 valence electrons. The highest BCUT2D eigenvalue weighted by Gasteiger charge is 2.53. The predicted molar refractivity (Wildman–Crippen MR) is 140 cm³/mol. The third-order valence-electron chi connectivity index (χ3n) is 7.32. The van der Waals surface area contributed by atoms with Crippen LogP contribution in [0.2, 0.25) is 0 Å². The second-order valence-electron chi connectivity index (χ2n) is 9.20. The first-order valence-electron chi connectivity index (χ1n) is 12.1. The Morgan fingerprint density at radius 2 is 1.71 bits per heavy atom. The maximum atomic E-state index is 14.1. The van der Waals surface area contributed by atoms with E-state index < -0.39 is 24.1 Å². The summed E-state index contributed by atoms with van der Waals surface area (Å²) in [4.78, 5) is 46.3. The zero-order valence-electron chi connectivity index (χ0n) is 21.1. The summed E-state index contributed by atoms with van der Waals surface area (Å²) in [5.74, 6) is 0.126. The first-order valence-corrected chi connectivity index (χ1v) is 12.1. The number of imide groups is 1. The number of hydrogen-bond acceptors (Lipinski definition) is 6. The van der Waals surface area contributed by atoms with Gasteiger partial charge in [-0.05, 0) is 41.5 Å². The van der Waals surface area contributed by atoms with Gasteiger partial charge in [-0.15, -0.1) is 0 Å². The number of methoxy groups -OCH3 is 3. The summed E-state index contributed by atoms with van der Waals surface area (Å²) >= 11 is 0. The van der Waals surface area contributed by atoms with E-state index in [9.17, 15) is 14.4 Å². The summed E-state index contributed by atoms with van der Waals surface area (Å²) in [6.07, 6.45) is 0.371. The molecule has 3 aromatic carbocycles. The molecule has 1 N–H and O–H groups in total. The van der Waals surface area contributed by atoms with Gasteiger partial charge >= 0.3 is 12.0 Å². The van der Waals surface area contributed by atoms with Crippen molar-refractivity contribution in [1.29, 1.82) is 0 Å². The number of anilines is 1. The number of nitrogens with zero attached hydrogens (tertiary/aromatic N) is 2. The molecule has 9 nitrogen and oxygen atoms in total. The van der Waals surface area contributed by atoms with Crippen LogP contribution in [0.5, 0.6) is 11.5 Å². The van der Waals surface area contributed by atoms with Crippen molar-refractivity contribution in [2.45, 2.75) is 18.5 Å². The first-order chi connectivity index (χ1) is 18.5. The lowest BCUT2D eigenvalue weighted by Gasteiger charge is -2.36. The maximum Gasteiger partial charge on any atom is 0.337 e. The number of benzene rings is 3. The second kappa shape index (κ2) is 8.95. The fraction of sp³-hybridized carbons (Fsp3) is 0.207. The van der Waals surface area contributed by atoms with Crippen LogP contribution >= 0.6 is 0 Å². The summed E-state index contributed by atoms with van der Waals surface area (Å²) in [6, 6.07) is 18.1. The van der Waals surface area contributed by atoms with E-state index in [1.165, 1.54) is 26.2 Å². The molecule has 0 saturated carbocycles. The molecule has 4 aromatic rings. The van der Waals surface area contributed by atoms with Crippen LogP contribution in [0.3, 0.4) is 0 Å². The number of fused-ring (bicyclic) bond motifs is 4. The van der Waals surface area contributed by atoms with Gasteiger partial charge in [0.15, 0.2) is 0 Å². The fourth-order valence-corrected chi connectivity index (χ4v) is 5.53. The van der Waals surface area contributed by atoms with Gasteiger partial charge in [0.05, 0.1) is 32.6 Å². The van der Waals surface area contributed by atoms with Crippen molar-refractivity contribution in [2.24, 2.45) is 0 Å². The van der Waals surface area contributed by atoms with Crippen molar-refractivity contribution in [3.05, 3.63) is 89.1 Å². The van der Waals surface area contributed by atoms with Gasteiger partial charge in [0.1, 0.15) is 23.6 Å². The normalized spacial score (nSPS) is 18.4. The van der Waals surface area contributed by atoms with E-state index in [0.29, 0.717) is 29.2 Å². The van der Waals surface area contributed by atoms with Crippen LogP contribution in [-0.4, -0.2) is 55.2 Å². The van der Waals surface area contributed by atoms with Crippen molar-refractivity contribution < 1.29 is 28.6 Å². The number of nitrogens with one attached hydrogen (secondary N) is 1. The topological polar surface area (TPSA) is 101 Å². The molecule has 0 radical (unpaired) electrons. The van der Waals surface area contributed by atoms with Gasteiger partial charge in [0, 0.05) is 29.1 Å². The van der Waals surface area contributed by atoms with E-state index in [4.69, 9.17) is 14.2 Å². The summed E-state index contributed by atoms with van der Waals surface area (Å²) in [5.41, 5.74) is 4.29. The van der Waals surface area contributed by atoms with E-state index >= 15 is 0 Å². The molecule has 1 fully saturated rings. The molecule has 2 aliphatic heterocycles.